The number of ether oxygens (including phenoxy) is 1. The molecule has 0 saturated carbocycles. The molecule has 2 N–H and O–H groups in total. The summed E-state index contributed by atoms with van der Waals surface area (Å²) in [6.07, 6.45) is 9.30. The van der Waals surface area contributed by atoms with Gasteiger partial charge in [0.25, 0.3) is 0 Å². The molecule has 0 aliphatic carbocycles. The third-order valence-corrected chi connectivity index (χ3v) is 3.49. The summed E-state index contributed by atoms with van der Waals surface area (Å²) in [5, 5.41) is 4.30. The van der Waals surface area contributed by atoms with Crippen molar-refractivity contribution < 1.29 is 4.74 Å². The Balaban J connectivity index is 1.92. The molecule has 2 aromatic rings. The molecule has 3 heterocycles. The van der Waals surface area contributed by atoms with Crippen molar-refractivity contribution in [3.05, 3.63) is 30.4 Å². The molecule has 0 amide bonds. The monoisotopic (exact) mass is 232 g/mol. The van der Waals surface area contributed by atoms with Crippen LogP contribution in [0.5, 0.6) is 0 Å². The van der Waals surface area contributed by atoms with E-state index in [0.29, 0.717) is 5.92 Å². The van der Waals surface area contributed by atoms with Crippen LogP contribution < -0.4 is 5.73 Å². The highest BCUT2D eigenvalue weighted by molar-refractivity contribution is 5.53. The second kappa shape index (κ2) is 4.43. The summed E-state index contributed by atoms with van der Waals surface area (Å²) in [4.78, 5) is 4.13. The van der Waals surface area contributed by atoms with Crippen molar-refractivity contribution in [3.8, 4) is 0 Å². The predicted octanol–water partition coefficient (Wildman–Crippen LogP) is 1.16. The SMILES string of the molecule is NC(c1cnn2ccncc12)C1CCOCC1. The highest BCUT2D eigenvalue weighted by atomic mass is 16.5. The molecule has 1 unspecified atom stereocenters. The molecule has 1 saturated heterocycles. The van der Waals surface area contributed by atoms with E-state index in [1.807, 2.05) is 23.1 Å². The molecule has 0 spiro atoms. The highest BCUT2D eigenvalue weighted by Gasteiger charge is 2.24. The minimum absolute atomic E-state index is 0.0283. The first-order valence-electron chi connectivity index (χ1n) is 5.97. The normalized spacial score (nSPS) is 19.6. The van der Waals surface area contributed by atoms with Gasteiger partial charge in [-0.15, -0.1) is 0 Å². The molecule has 5 heteroatoms. The van der Waals surface area contributed by atoms with Crippen LogP contribution in [0.4, 0.5) is 0 Å². The van der Waals surface area contributed by atoms with Gasteiger partial charge >= 0.3 is 0 Å². The van der Waals surface area contributed by atoms with Gasteiger partial charge in [0, 0.05) is 37.2 Å². The van der Waals surface area contributed by atoms with E-state index >= 15 is 0 Å². The Bertz CT molecular complexity index is 504. The van der Waals surface area contributed by atoms with E-state index in [-0.39, 0.29) is 6.04 Å². The van der Waals surface area contributed by atoms with Crippen LogP contribution in [0, 0.1) is 5.92 Å². The molecule has 2 aromatic heterocycles. The molecule has 1 fully saturated rings. The van der Waals surface area contributed by atoms with Gasteiger partial charge in [-0.2, -0.15) is 5.10 Å². The molecular formula is C12H16N4O. The van der Waals surface area contributed by atoms with Crippen LogP contribution in [-0.4, -0.2) is 27.8 Å². The van der Waals surface area contributed by atoms with Crippen LogP contribution >= 0.6 is 0 Å². The van der Waals surface area contributed by atoms with Crippen LogP contribution in [0.3, 0.4) is 0 Å². The van der Waals surface area contributed by atoms with Crippen molar-refractivity contribution in [2.24, 2.45) is 11.7 Å². The number of aromatic nitrogens is 3. The second-order valence-corrected chi connectivity index (χ2v) is 4.48. The van der Waals surface area contributed by atoms with E-state index in [1.165, 1.54) is 0 Å². The Morgan fingerprint density at radius 2 is 2.18 bits per heavy atom. The summed E-state index contributed by atoms with van der Waals surface area (Å²) in [6.45, 7) is 1.63. The number of nitrogens with zero attached hydrogens (tertiary/aromatic N) is 3. The first-order chi connectivity index (χ1) is 8.36. The second-order valence-electron chi connectivity index (χ2n) is 4.48. The average Bonchev–Trinajstić information content (AvgIpc) is 2.83. The lowest BCUT2D eigenvalue weighted by Crippen LogP contribution is -2.27. The van der Waals surface area contributed by atoms with Crippen molar-refractivity contribution in [3.63, 3.8) is 0 Å². The van der Waals surface area contributed by atoms with Crippen molar-refractivity contribution in [2.45, 2.75) is 18.9 Å². The summed E-state index contributed by atoms with van der Waals surface area (Å²) in [6, 6.07) is 0.0283. The maximum atomic E-state index is 6.34. The van der Waals surface area contributed by atoms with E-state index in [1.54, 1.807) is 6.20 Å². The topological polar surface area (TPSA) is 65.4 Å². The van der Waals surface area contributed by atoms with Crippen molar-refractivity contribution in [1.29, 1.82) is 0 Å². The van der Waals surface area contributed by atoms with Crippen molar-refractivity contribution in [2.75, 3.05) is 13.2 Å². The molecule has 0 bridgehead atoms. The van der Waals surface area contributed by atoms with Gasteiger partial charge in [0.05, 0.1) is 17.9 Å². The number of hydrogen-bond acceptors (Lipinski definition) is 4. The van der Waals surface area contributed by atoms with Crippen LogP contribution in [0.1, 0.15) is 24.4 Å². The van der Waals surface area contributed by atoms with Gasteiger partial charge in [-0.3, -0.25) is 4.98 Å². The number of hydrogen-bond donors (Lipinski definition) is 1. The first-order valence-corrected chi connectivity index (χ1v) is 5.97. The molecule has 0 radical (unpaired) electrons. The minimum atomic E-state index is 0.0283. The first kappa shape index (κ1) is 10.7. The van der Waals surface area contributed by atoms with Gasteiger partial charge in [-0.25, -0.2) is 4.52 Å². The Kier molecular flexibility index (Phi) is 2.78. The Labute approximate surface area is 99.6 Å². The zero-order valence-electron chi connectivity index (χ0n) is 9.62. The standard InChI is InChI=1S/C12H16N4O/c13-12(9-1-5-17-6-2-9)10-7-15-16-4-3-14-8-11(10)16/h3-4,7-9,12H,1-2,5-6,13H2. The van der Waals surface area contributed by atoms with Crippen LogP contribution in [0.15, 0.2) is 24.8 Å². The number of nitrogens with two attached hydrogens (primary N) is 1. The number of rotatable bonds is 2. The average molecular weight is 232 g/mol. The fourth-order valence-corrected chi connectivity index (χ4v) is 2.44. The summed E-state index contributed by atoms with van der Waals surface area (Å²) < 4.78 is 7.19. The molecular weight excluding hydrogens is 216 g/mol. The summed E-state index contributed by atoms with van der Waals surface area (Å²) >= 11 is 0. The summed E-state index contributed by atoms with van der Waals surface area (Å²) in [7, 11) is 0. The van der Waals surface area contributed by atoms with Crippen LogP contribution in [0.25, 0.3) is 5.52 Å². The van der Waals surface area contributed by atoms with Gasteiger partial charge in [-0.05, 0) is 18.8 Å². The third-order valence-electron chi connectivity index (χ3n) is 3.49. The molecule has 1 atom stereocenters. The van der Waals surface area contributed by atoms with Crippen molar-refractivity contribution >= 4 is 5.52 Å². The zero-order valence-corrected chi connectivity index (χ0v) is 9.62. The molecule has 17 heavy (non-hydrogen) atoms. The molecule has 90 valence electrons. The Morgan fingerprint density at radius 3 is 3.00 bits per heavy atom. The summed E-state index contributed by atoms with van der Waals surface area (Å²) in [5.74, 6) is 0.483. The lowest BCUT2D eigenvalue weighted by Gasteiger charge is -2.27. The van der Waals surface area contributed by atoms with Crippen LogP contribution in [-0.2, 0) is 4.74 Å². The lowest BCUT2D eigenvalue weighted by atomic mass is 9.88. The van der Waals surface area contributed by atoms with E-state index in [9.17, 15) is 0 Å². The Hall–Kier alpha value is -1.46. The van der Waals surface area contributed by atoms with E-state index in [2.05, 4.69) is 10.1 Å². The van der Waals surface area contributed by atoms with Gasteiger partial charge in [0.1, 0.15) is 0 Å². The highest BCUT2D eigenvalue weighted by Crippen LogP contribution is 2.29. The molecule has 1 aliphatic heterocycles. The number of fused-ring (bicyclic) bond motifs is 1. The zero-order chi connectivity index (χ0) is 11.7. The van der Waals surface area contributed by atoms with Crippen molar-refractivity contribution in [1.82, 2.24) is 14.6 Å². The van der Waals surface area contributed by atoms with Gasteiger partial charge in [0.2, 0.25) is 0 Å². The van der Waals surface area contributed by atoms with E-state index in [0.717, 1.165) is 37.1 Å². The molecule has 3 rings (SSSR count). The maximum absolute atomic E-state index is 6.34. The molecule has 1 aliphatic rings. The van der Waals surface area contributed by atoms with E-state index < -0.39 is 0 Å². The van der Waals surface area contributed by atoms with Crippen LogP contribution in [0.2, 0.25) is 0 Å². The largest absolute Gasteiger partial charge is 0.381 e. The quantitative estimate of drug-likeness (QED) is 0.843. The smallest absolute Gasteiger partial charge is 0.0892 e. The predicted molar refractivity (Wildman–Crippen MR) is 63.5 cm³/mol. The minimum Gasteiger partial charge on any atom is -0.381 e. The lowest BCUT2D eigenvalue weighted by molar-refractivity contribution is 0.0585. The van der Waals surface area contributed by atoms with Gasteiger partial charge in [-0.1, -0.05) is 0 Å². The van der Waals surface area contributed by atoms with Gasteiger partial charge < -0.3 is 10.5 Å². The fourth-order valence-electron chi connectivity index (χ4n) is 2.44. The maximum Gasteiger partial charge on any atom is 0.0892 e. The third kappa shape index (κ3) is 1.92. The molecule has 0 aromatic carbocycles. The Morgan fingerprint density at radius 1 is 1.35 bits per heavy atom. The van der Waals surface area contributed by atoms with E-state index in [4.69, 9.17) is 10.5 Å². The summed E-state index contributed by atoms with van der Waals surface area (Å²) in [5.41, 5.74) is 8.44. The molecule has 5 nitrogen and oxygen atoms in total. The van der Waals surface area contributed by atoms with Gasteiger partial charge in [0.15, 0.2) is 0 Å². The fraction of sp³-hybridized carbons (Fsp3) is 0.500.